The molecule has 0 saturated heterocycles. The van der Waals surface area contributed by atoms with Crippen molar-refractivity contribution in [1.29, 1.82) is 0 Å². The van der Waals surface area contributed by atoms with Crippen LogP contribution in [0, 0.1) is 19.7 Å². The molecule has 0 aliphatic heterocycles. The number of benzene rings is 4. The van der Waals surface area contributed by atoms with Crippen molar-refractivity contribution in [3.63, 3.8) is 0 Å². The van der Waals surface area contributed by atoms with Gasteiger partial charge >= 0.3 is 12.1 Å². The van der Waals surface area contributed by atoms with Crippen molar-refractivity contribution < 1.29 is 33.4 Å². The summed E-state index contributed by atoms with van der Waals surface area (Å²) in [6.45, 7) is 4.74. The van der Waals surface area contributed by atoms with Gasteiger partial charge < -0.3 is 14.6 Å². The van der Waals surface area contributed by atoms with Gasteiger partial charge in [0.05, 0.1) is 16.4 Å². The maximum Gasteiger partial charge on any atom is 0.422 e. The number of aliphatic hydroxyl groups excluding tert-OH is 1. The summed E-state index contributed by atoms with van der Waals surface area (Å²) in [7, 11) is 0. The minimum absolute atomic E-state index is 0.0822. The van der Waals surface area contributed by atoms with Gasteiger partial charge in [-0.05, 0) is 66.9 Å². The fraction of sp³-hybridized carbons (Fsp3) is 0.156. The molecule has 0 aliphatic rings. The van der Waals surface area contributed by atoms with Crippen LogP contribution in [-0.4, -0.2) is 29.2 Å². The smallest absolute Gasteiger partial charge is 0.422 e. The van der Waals surface area contributed by atoms with Crippen LogP contribution >= 0.6 is 11.6 Å². The minimum Gasteiger partial charge on any atom is -0.423 e. The number of aryl methyl sites for hydroxylation is 2. The van der Waals surface area contributed by atoms with E-state index in [9.17, 15) is 23.9 Å². The molecular weight excluding hydrogens is 549 g/mol. The van der Waals surface area contributed by atoms with Gasteiger partial charge in [0.15, 0.2) is 11.9 Å². The van der Waals surface area contributed by atoms with Crippen molar-refractivity contribution in [1.82, 2.24) is 0 Å². The molecule has 7 nitrogen and oxygen atoms in total. The average Bonchev–Trinajstić information content (AvgIpc) is 2.94. The first-order chi connectivity index (χ1) is 19.6. The summed E-state index contributed by atoms with van der Waals surface area (Å²) in [5.41, 5.74) is 2.71. The first kappa shape index (κ1) is 29.5. The van der Waals surface area contributed by atoms with Gasteiger partial charge in [0.25, 0.3) is 0 Å². The Kier molecular flexibility index (Phi) is 9.17. The maximum absolute atomic E-state index is 13.9. The van der Waals surface area contributed by atoms with Gasteiger partial charge in [0.1, 0.15) is 5.82 Å². The van der Waals surface area contributed by atoms with Crippen LogP contribution in [0.5, 0.6) is 0 Å². The van der Waals surface area contributed by atoms with Crippen LogP contribution in [0.4, 0.5) is 20.6 Å². The molecule has 2 atom stereocenters. The number of hydrogen-bond acceptors (Lipinski definition) is 6. The molecule has 9 heteroatoms. The van der Waals surface area contributed by atoms with E-state index in [0.717, 1.165) is 10.5 Å². The predicted molar refractivity (Wildman–Crippen MR) is 153 cm³/mol. The van der Waals surface area contributed by atoms with Crippen molar-refractivity contribution >= 4 is 40.8 Å². The van der Waals surface area contributed by atoms with E-state index in [2.05, 4.69) is 0 Å². The molecule has 0 aliphatic carbocycles. The van der Waals surface area contributed by atoms with Crippen molar-refractivity contribution in [2.24, 2.45) is 0 Å². The molecule has 2 unspecified atom stereocenters. The molecule has 0 bridgehead atoms. The van der Waals surface area contributed by atoms with Gasteiger partial charge in [-0.3, -0.25) is 4.79 Å². The van der Waals surface area contributed by atoms with E-state index in [1.54, 1.807) is 49.4 Å². The minimum atomic E-state index is -1.58. The standard InChI is InChI=1S/C32H27ClFNO6/c1-19-9-7-8-12-25(19)30(37)26-15-14-24(18-27(26)33)35(28-16-13-23(34)17-20(28)2)32(39)41-21(3)40-31(38)29(36)22-10-5-4-6-11-22/h4-18,21,29,36H,1-3H3. The number of nitrogens with zero attached hydrogens (tertiary/aromatic N) is 1. The number of anilines is 2. The summed E-state index contributed by atoms with van der Waals surface area (Å²) in [6, 6.07) is 23.5. The molecule has 0 radical (unpaired) electrons. The average molecular weight is 576 g/mol. The third-order valence-corrected chi connectivity index (χ3v) is 6.63. The molecule has 1 N–H and O–H groups in total. The summed E-state index contributed by atoms with van der Waals surface area (Å²) in [6.07, 6.45) is -3.94. The molecule has 1 amide bonds. The van der Waals surface area contributed by atoms with Crippen molar-refractivity contribution in [2.75, 3.05) is 4.90 Å². The van der Waals surface area contributed by atoms with Crippen molar-refractivity contribution in [2.45, 2.75) is 33.2 Å². The second kappa shape index (κ2) is 12.8. The number of aliphatic hydroxyl groups is 1. The Bertz CT molecular complexity index is 1590. The Balaban J connectivity index is 1.61. The molecule has 0 heterocycles. The molecule has 4 aromatic rings. The Labute approximate surface area is 241 Å². The van der Waals surface area contributed by atoms with Crippen LogP contribution in [0.25, 0.3) is 0 Å². The normalized spacial score (nSPS) is 12.2. The van der Waals surface area contributed by atoms with Gasteiger partial charge in [-0.15, -0.1) is 0 Å². The van der Waals surface area contributed by atoms with Crippen LogP contribution in [0.2, 0.25) is 5.02 Å². The number of amides is 1. The molecule has 4 aromatic carbocycles. The SMILES string of the molecule is Cc1ccccc1C(=O)c1ccc(N(C(=O)OC(C)OC(=O)C(O)c2ccccc2)c2ccc(F)cc2C)cc1Cl. The Morgan fingerprint density at radius 1 is 0.829 bits per heavy atom. The number of carbonyl (C=O) groups is 3. The topological polar surface area (TPSA) is 93.1 Å². The summed E-state index contributed by atoms with van der Waals surface area (Å²) >= 11 is 6.54. The fourth-order valence-corrected chi connectivity index (χ4v) is 4.49. The Hall–Kier alpha value is -4.53. The molecule has 0 fully saturated rings. The lowest BCUT2D eigenvalue weighted by Gasteiger charge is -2.26. The third kappa shape index (κ3) is 6.80. The van der Waals surface area contributed by atoms with Crippen molar-refractivity contribution in [3.05, 3.63) is 130 Å². The number of hydrogen-bond donors (Lipinski definition) is 1. The summed E-state index contributed by atoms with van der Waals surface area (Å²) in [5.74, 6) is -1.80. The molecule has 4 rings (SSSR count). The molecule has 210 valence electrons. The number of rotatable bonds is 8. The highest BCUT2D eigenvalue weighted by Crippen LogP contribution is 2.34. The van der Waals surface area contributed by atoms with E-state index in [1.807, 2.05) is 19.1 Å². The van der Waals surface area contributed by atoms with Gasteiger partial charge in [-0.1, -0.05) is 66.2 Å². The lowest BCUT2D eigenvalue weighted by Crippen LogP contribution is -2.33. The second-order valence-corrected chi connectivity index (χ2v) is 9.68. The van der Waals surface area contributed by atoms with Crippen LogP contribution in [-0.2, 0) is 14.3 Å². The largest absolute Gasteiger partial charge is 0.423 e. The highest BCUT2D eigenvalue weighted by molar-refractivity contribution is 6.35. The molecule has 0 saturated carbocycles. The summed E-state index contributed by atoms with van der Waals surface area (Å²) in [4.78, 5) is 40.2. The van der Waals surface area contributed by atoms with E-state index in [0.29, 0.717) is 16.7 Å². The highest BCUT2D eigenvalue weighted by atomic mass is 35.5. The molecular formula is C32H27ClFNO6. The Morgan fingerprint density at radius 2 is 1.51 bits per heavy atom. The summed E-state index contributed by atoms with van der Waals surface area (Å²) < 4.78 is 24.5. The van der Waals surface area contributed by atoms with Gasteiger partial charge in [0.2, 0.25) is 6.29 Å². The van der Waals surface area contributed by atoms with Crippen LogP contribution in [0.1, 0.15) is 45.6 Å². The van der Waals surface area contributed by atoms with Crippen LogP contribution in [0.3, 0.4) is 0 Å². The van der Waals surface area contributed by atoms with E-state index in [-0.39, 0.29) is 27.7 Å². The monoisotopic (exact) mass is 575 g/mol. The van der Waals surface area contributed by atoms with Crippen LogP contribution < -0.4 is 4.90 Å². The quantitative estimate of drug-likeness (QED) is 0.135. The zero-order valence-corrected chi connectivity index (χ0v) is 23.3. The zero-order chi connectivity index (χ0) is 29.7. The molecule has 0 spiro atoms. The zero-order valence-electron chi connectivity index (χ0n) is 22.5. The predicted octanol–water partition coefficient (Wildman–Crippen LogP) is 7.22. The van der Waals surface area contributed by atoms with E-state index in [4.69, 9.17) is 21.1 Å². The number of esters is 1. The summed E-state index contributed by atoms with van der Waals surface area (Å²) in [5, 5.41) is 10.4. The number of ketones is 1. The van der Waals surface area contributed by atoms with Gasteiger partial charge in [-0.2, -0.15) is 0 Å². The van der Waals surface area contributed by atoms with E-state index < -0.39 is 30.3 Å². The Morgan fingerprint density at radius 3 is 2.17 bits per heavy atom. The third-order valence-electron chi connectivity index (χ3n) is 6.31. The first-order valence-electron chi connectivity index (χ1n) is 12.7. The van der Waals surface area contributed by atoms with Gasteiger partial charge in [0, 0.05) is 18.1 Å². The van der Waals surface area contributed by atoms with Crippen LogP contribution in [0.15, 0.2) is 91.0 Å². The second-order valence-electron chi connectivity index (χ2n) is 9.28. The van der Waals surface area contributed by atoms with Gasteiger partial charge in [-0.25, -0.2) is 18.9 Å². The van der Waals surface area contributed by atoms with E-state index in [1.165, 1.54) is 43.3 Å². The molecule has 0 aromatic heterocycles. The lowest BCUT2D eigenvalue weighted by atomic mass is 9.99. The van der Waals surface area contributed by atoms with Crippen molar-refractivity contribution in [3.8, 4) is 0 Å². The number of ether oxygens (including phenoxy) is 2. The number of carbonyl (C=O) groups excluding carboxylic acids is 3. The highest BCUT2D eigenvalue weighted by Gasteiger charge is 2.28. The first-order valence-corrected chi connectivity index (χ1v) is 13.0. The molecule has 41 heavy (non-hydrogen) atoms. The maximum atomic E-state index is 13.9. The fourth-order valence-electron chi connectivity index (χ4n) is 4.23. The van der Waals surface area contributed by atoms with E-state index >= 15 is 0 Å². The lowest BCUT2D eigenvalue weighted by molar-refractivity contribution is -0.174. The number of halogens is 2.